The zero-order valence-electron chi connectivity index (χ0n) is 7.56. The van der Waals surface area contributed by atoms with Crippen LogP contribution in [0.3, 0.4) is 0 Å². The molecule has 0 aromatic carbocycles. The molecular formula is C8H11ClN2OS. The molecule has 0 aliphatic carbocycles. The number of thiazole rings is 1. The number of alkyl halides is 1. The first kappa shape index (κ1) is 10.5. The van der Waals surface area contributed by atoms with Gasteiger partial charge < -0.3 is 5.32 Å². The summed E-state index contributed by atoms with van der Waals surface area (Å²) in [7, 11) is 0. The number of aromatic nitrogens is 1. The maximum Gasteiger partial charge on any atom is 0.241 e. The third kappa shape index (κ3) is 2.67. The molecule has 0 bridgehead atoms. The molecule has 0 spiro atoms. The second kappa shape index (κ2) is 4.58. The van der Waals surface area contributed by atoms with E-state index in [0.717, 1.165) is 17.0 Å². The lowest BCUT2D eigenvalue weighted by Crippen LogP contribution is -2.12. The molecule has 0 aliphatic rings. The quantitative estimate of drug-likeness (QED) is 0.791. The number of halogens is 1. The molecule has 0 fully saturated rings. The molecule has 0 atom stereocenters. The van der Waals surface area contributed by atoms with E-state index in [1.54, 1.807) is 0 Å². The van der Waals surface area contributed by atoms with E-state index in [4.69, 9.17) is 11.6 Å². The Morgan fingerprint density at radius 3 is 2.85 bits per heavy atom. The van der Waals surface area contributed by atoms with Crippen molar-refractivity contribution in [3.63, 3.8) is 0 Å². The number of anilines is 1. The first-order chi connectivity index (χ1) is 6.17. The number of nitrogens with one attached hydrogen (secondary N) is 1. The first-order valence-electron chi connectivity index (χ1n) is 3.99. The molecule has 0 saturated heterocycles. The summed E-state index contributed by atoms with van der Waals surface area (Å²) in [6, 6.07) is 0. The molecule has 72 valence electrons. The molecule has 5 heteroatoms. The highest BCUT2D eigenvalue weighted by Crippen LogP contribution is 2.22. The number of hydrogen-bond donors (Lipinski definition) is 1. The fourth-order valence-corrected chi connectivity index (χ4v) is 1.95. The molecular weight excluding hydrogens is 208 g/mol. The Labute approximate surface area is 86.1 Å². The van der Waals surface area contributed by atoms with E-state index in [2.05, 4.69) is 10.3 Å². The zero-order chi connectivity index (χ0) is 9.84. The molecule has 1 aromatic heterocycles. The van der Waals surface area contributed by atoms with E-state index >= 15 is 0 Å². The fourth-order valence-electron chi connectivity index (χ4n) is 0.962. The minimum atomic E-state index is -0.210. The predicted molar refractivity (Wildman–Crippen MR) is 55.6 cm³/mol. The largest absolute Gasteiger partial charge is 0.301 e. The second-order valence-corrected chi connectivity index (χ2v) is 4.03. The van der Waals surface area contributed by atoms with Crippen molar-refractivity contribution in [3.8, 4) is 0 Å². The van der Waals surface area contributed by atoms with Crippen LogP contribution >= 0.6 is 22.9 Å². The number of aryl methyl sites for hydroxylation is 2. The highest BCUT2D eigenvalue weighted by Gasteiger charge is 2.07. The van der Waals surface area contributed by atoms with Crippen molar-refractivity contribution in [1.82, 2.24) is 4.98 Å². The minimum Gasteiger partial charge on any atom is -0.301 e. The molecule has 1 heterocycles. The molecule has 13 heavy (non-hydrogen) atoms. The maximum absolute atomic E-state index is 10.9. The summed E-state index contributed by atoms with van der Waals surface area (Å²) in [6.07, 6.45) is 0.888. The lowest BCUT2D eigenvalue weighted by molar-refractivity contribution is -0.113. The Hall–Kier alpha value is -0.610. The zero-order valence-corrected chi connectivity index (χ0v) is 9.13. The van der Waals surface area contributed by atoms with Crippen LogP contribution in [0.1, 0.15) is 17.5 Å². The summed E-state index contributed by atoms with van der Waals surface area (Å²) in [4.78, 5) is 16.3. The lowest BCUT2D eigenvalue weighted by atomic mass is 10.3. The minimum absolute atomic E-state index is 0.0277. The van der Waals surface area contributed by atoms with Gasteiger partial charge in [0.2, 0.25) is 5.91 Å². The van der Waals surface area contributed by atoms with Crippen molar-refractivity contribution in [2.24, 2.45) is 0 Å². The van der Waals surface area contributed by atoms with Crippen molar-refractivity contribution >= 4 is 34.0 Å². The normalized spacial score (nSPS) is 10.1. The van der Waals surface area contributed by atoms with Crippen LogP contribution in [0.25, 0.3) is 0 Å². The van der Waals surface area contributed by atoms with Gasteiger partial charge in [0.05, 0.1) is 5.69 Å². The van der Waals surface area contributed by atoms with Crippen molar-refractivity contribution in [2.45, 2.75) is 20.3 Å². The van der Waals surface area contributed by atoms with E-state index in [1.807, 2.05) is 13.8 Å². The molecule has 3 nitrogen and oxygen atoms in total. The number of rotatable bonds is 3. The molecule has 0 radical (unpaired) electrons. The summed E-state index contributed by atoms with van der Waals surface area (Å²) in [5.41, 5.74) is 1.04. The van der Waals surface area contributed by atoms with Crippen LogP contribution in [0.2, 0.25) is 0 Å². The van der Waals surface area contributed by atoms with Crippen molar-refractivity contribution in [2.75, 3.05) is 11.2 Å². The van der Waals surface area contributed by atoms with E-state index in [1.165, 1.54) is 11.3 Å². The maximum atomic E-state index is 10.9. The Bertz CT molecular complexity index is 311. The highest BCUT2D eigenvalue weighted by molar-refractivity contribution is 7.15. The van der Waals surface area contributed by atoms with Gasteiger partial charge in [-0.05, 0) is 13.3 Å². The van der Waals surface area contributed by atoms with E-state index in [9.17, 15) is 4.79 Å². The van der Waals surface area contributed by atoms with Crippen LogP contribution in [0.5, 0.6) is 0 Å². The predicted octanol–water partition coefficient (Wildman–Crippen LogP) is 2.19. The van der Waals surface area contributed by atoms with Gasteiger partial charge in [0.1, 0.15) is 5.88 Å². The summed E-state index contributed by atoms with van der Waals surface area (Å²) in [6.45, 7) is 4.03. The third-order valence-corrected chi connectivity index (χ3v) is 2.77. The smallest absolute Gasteiger partial charge is 0.241 e. The summed E-state index contributed by atoms with van der Waals surface area (Å²) in [5, 5.41) is 3.26. The topological polar surface area (TPSA) is 42.0 Å². The van der Waals surface area contributed by atoms with Gasteiger partial charge in [0.25, 0.3) is 0 Å². The Kier molecular flexibility index (Phi) is 3.69. The number of carbonyl (C=O) groups is 1. The molecule has 0 saturated carbocycles. The number of hydrogen-bond acceptors (Lipinski definition) is 3. The van der Waals surface area contributed by atoms with Gasteiger partial charge in [-0.3, -0.25) is 4.79 Å². The number of nitrogens with zero attached hydrogens (tertiary/aromatic N) is 1. The van der Waals surface area contributed by atoms with Crippen LogP contribution in [0.4, 0.5) is 5.13 Å². The average Bonchev–Trinajstić information content (AvgIpc) is 2.46. The molecule has 1 amide bonds. The van der Waals surface area contributed by atoms with E-state index < -0.39 is 0 Å². The van der Waals surface area contributed by atoms with Crippen molar-refractivity contribution in [1.29, 1.82) is 0 Å². The van der Waals surface area contributed by atoms with Gasteiger partial charge in [-0.15, -0.1) is 22.9 Å². The van der Waals surface area contributed by atoms with Crippen LogP contribution < -0.4 is 5.32 Å². The second-order valence-electron chi connectivity index (χ2n) is 2.56. The van der Waals surface area contributed by atoms with Gasteiger partial charge in [0, 0.05) is 4.88 Å². The Balaban J connectivity index is 2.73. The number of amides is 1. The van der Waals surface area contributed by atoms with Crippen LogP contribution in [0, 0.1) is 6.92 Å². The van der Waals surface area contributed by atoms with Crippen LogP contribution in [-0.4, -0.2) is 16.8 Å². The van der Waals surface area contributed by atoms with Crippen molar-refractivity contribution < 1.29 is 4.79 Å². The summed E-state index contributed by atoms with van der Waals surface area (Å²) >= 11 is 6.83. The molecule has 0 aliphatic heterocycles. The standard InChI is InChI=1S/C8H11ClN2OS/c1-3-6-5(2)13-8(10-6)11-7(12)4-9/h3-4H2,1-2H3,(H,10,11,12). The van der Waals surface area contributed by atoms with E-state index in [0.29, 0.717) is 5.13 Å². The molecule has 0 unspecified atom stereocenters. The van der Waals surface area contributed by atoms with Gasteiger partial charge in [-0.1, -0.05) is 6.92 Å². The summed E-state index contributed by atoms with van der Waals surface area (Å²) in [5.74, 6) is -0.238. The highest BCUT2D eigenvalue weighted by atomic mass is 35.5. The number of carbonyl (C=O) groups excluding carboxylic acids is 1. The van der Waals surface area contributed by atoms with Gasteiger partial charge in [-0.2, -0.15) is 0 Å². The lowest BCUT2D eigenvalue weighted by Gasteiger charge is -1.94. The van der Waals surface area contributed by atoms with Crippen LogP contribution in [0.15, 0.2) is 0 Å². The Morgan fingerprint density at radius 2 is 2.38 bits per heavy atom. The summed E-state index contributed by atoms with van der Waals surface area (Å²) < 4.78 is 0. The SMILES string of the molecule is CCc1nc(NC(=O)CCl)sc1C. The Morgan fingerprint density at radius 1 is 1.69 bits per heavy atom. The third-order valence-electron chi connectivity index (χ3n) is 1.60. The average molecular weight is 219 g/mol. The van der Waals surface area contributed by atoms with Crippen molar-refractivity contribution in [3.05, 3.63) is 10.6 Å². The molecule has 1 rings (SSSR count). The molecule has 1 N–H and O–H groups in total. The monoisotopic (exact) mass is 218 g/mol. The van der Waals surface area contributed by atoms with Gasteiger partial charge >= 0.3 is 0 Å². The van der Waals surface area contributed by atoms with Gasteiger partial charge in [-0.25, -0.2) is 4.98 Å². The van der Waals surface area contributed by atoms with Gasteiger partial charge in [0.15, 0.2) is 5.13 Å². The van der Waals surface area contributed by atoms with Crippen LogP contribution in [-0.2, 0) is 11.2 Å². The fraction of sp³-hybridized carbons (Fsp3) is 0.500. The first-order valence-corrected chi connectivity index (χ1v) is 5.34. The molecule has 1 aromatic rings. The van der Waals surface area contributed by atoms with E-state index in [-0.39, 0.29) is 11.8 Å².